The molecular weight excluding hydrogens is 392 g/mol. The molecule has 154 valence electrons. The molecule has 1 unspecified atom stereocenters. The summed E-state index contributed by atoms with van der Waals surface area (Å²) in [4.78, 5) is 37.4. The maximum absolute atomic E-state index is 13.3. The average molecular weight is 412 g/mol. The molecule has 1 atom stereocenters. The Morgan fingerprint density at radius 1 is 1.00 bits per heavy atom. The summed E-state index contributed by atoms with van der Waals surface area (Å²) >= 11 is 0. The second-order valence-corrected chi connectivity index (χ2v) is 7.81. The standard InChI is InChI=1S/C24H20N4O3/c29-22(28-24(23(30)31)11-8-15-4-1-2-5-17(15)14-24)18-6-3-7-19-20(18)27-21(26-19)16-9-12-25-13-10-16/h1-7,9-10,12-13H,8,11,14H2,(H,26,27)(H,28,29)(H,30,31). The molecule has 2 aromatic carbocycles. The number of amides is 1. The van der Waals surface area contributed by atoms with Crippen LogP contribution in [-0.2, 0) is 17.6 Å². The van der Waals surface area contributed by atoms with Crippen LogP contribution >= 0.6 is 0 Å². The molecule has 31 heavy (non-hydrogen) atoms. The highest BCUT2D eigenvalue weighted by atomic mass is 16.4. The Morgan fingerprint density at radius 2 is 1.77 bits per heavy atom. The van der Waals surface area contributed by atoms with Crippen LogP contribution in [-0.4, -0.2) is 37.5 Å². The number of aliphatic carboxylic acids is 1. The monoisotopic (exact) mass is 412 g/mol. The molecule has 4 aromatic rings. The van der Waals surface area contributed by atoms with Crippen molar-refractivity contribution in [3.8, 4) is 11.4 Å². The van der Waals surface area contributed by atoms with Gasteiger partial charge in [0.25, 0.3) is 5.91 Å². The molecular formula is C24H20N4O3. The molecule has 7 nitrogen and oxygen atoms in total. The number of aryl methyl sites for hydroxylation is 1. The lowest BCUT2D eigenvalue weighted by atomic mass is 9.77. The van der Waals surface area contributed by atoms with Crippen molar-refractivity contribution in [2.24, 2.45) is 0 Å². The lowest BCUT2D eigenvalue weighted by Gasteiger charge is -2.35. The Labute approximate surface area is 178 Å². The first-order chi connectivity index (χ1) is 15.1. The third-order valence-corrected chi connectivity index (χ3v) is 5.91. The molecule has 7 heteroatoms. The number of imidazole rings is 1. The molecule has 0 radical (unpaired) electrons. The Balaban J connectivity index is 1.50. The van der Waals surface area contributed by atoms with E-state index in [4.69, 9.17) is 0 Å². The quantitative estimate of drug-likeness (QED) is 0.476. The number of nitrogens with one attached hydrogen (secondary N) is 2. The molecule has 1 aliphatic carbocycles. The molecule has 2 aromatic heterocycles. The van der Waals surface area contributed by atoms with Crippen LogP contribution in [0.4, 0.5) is 0 Å². The van der Waals surface area contributed by atoms with Gasteiger partial charge >= 0.3 is 5.97 Å². The van der Waals surface area contributed by atoms with Crippen LogP contribution in [0.25, 0.3) is 22.4 Å². The summed E-state index contributed by atoms with van der Waals surface area (Å²) in [5.41, 5.74) is 3.13. The second kappa shape index (κ2) is 7.36. The molecule has 1 aliphatic rings. The summed E-state index contributed by atoms with van der Waals surface area (Å²) in [6, 6.07) is 16.7. The maximum Gasteiger partial charge on any atom is 0.329 e. The maximum atomic E-state index is 13.3. The number of hydrogen-bond acceptors (Lipinski definition) is 4. The van der Waals surface area contributed by atoms with E-state index in [-0.39, 0.29) is 6.42 Å². The van der Waals surface area contributed by atoms with Crippen LogP contribution in [0.5, 0.6) is 0 Å². The number of aromatic amines is 1. The van der Waals surface area contributed by atoms with E-state index in [0.717, 1.165) is 16.7 Å². The van der Waals surface area contributed by atoms with Crippen LogP contribution in [0.15, 0.2) is 67.0 Å². The minimum absolute atomic E-state index is 0.253. The van der Waals surface area contributed by atoms with Crippen LogP contribution in [0.3, 0.4) is 0 Å². The zero-order valence-corrected chi connectivity index (χ0v) is 16.6. The highest BCUT2D eigenvalue weighted by molar-refractivity contribution is 6.07. The summed E-state index contributed by atoms with van der Waals surface area (Å²) in [6.45, 7) is 0. The van der Waals surface area contributed by atoms with Gasteiger partial charge in [-0.05, 0) is 48.2 Å². The minimum Gasteiger partial charge on any atom is -0.479 e. The van der Waals surface area contributed by atoms with Gasteiger partial charge in [0.05, 0.1) is 11.1 Å². The minimum atomic E-state index is -1.35. The number of H-pyrrole nitrogens is 1. The van der Waals surface area contributed by atoms with Crippen molar-refractivity contribution in [2.75, 3.05) is 0 Å². The van der Waals surface area contributed by atoms with Gasteiger partial charge in [-0.2, -0.15) is 0 Å². The first-order valence-electron chi connectivity index (χ1n) is 10.1. The van der Waals surface area contributed by atoms with E-state index in [1.54, 1.807) is 24.5 Å². The Bertz CT molecular complexity index is 1300. The van der Waals surface area contributed by atoms with Gasteiger partial charge < -0.3 is 15.4 Å². The number of fused-ring (bicyclic) bond motifs is 2. The normalized spacial score (nSPS) is 17.8. The molecule has 0 spiro atoms. The van der Waals surface area contributed by atoms with Crippen LogP contribution < -0.4 is 5.32 Å². The topological polar surface area (TPSA) is 108 Å². The number of carbonyl (C=O) groups is 2. The first-order valence-corrected chi connectivity index (χ1v) is 10.1. The van der Waals surface area contributed by atoms with Crippen molar-refractivity contribution in [1.82, 2.24) is 20.3 Å². The fourth-order valence-electron chi connectivity index (χ4n) is 4.22. The van der Waals surface area contributed by atoms with Gasteiger partial charge in [-0.15, -0.1) is 0 Å². The zero-order valence-electron chi connectivity index (χ0n) is 16.6. The summed E-state index contributed by atoms with van der Waals surface area (Å²) in [7, 11) is 0. The average Bonchev–Trinajstić information content (AvgIpc) is 3.24. The van der Waals surface area contributed by atoms with Gasteiger partial charge in [0, 0.05) is 24.4 Å². The summed E-state index contributed by atoms with van der Waals surface area (Å²) < 4.78 is 0. The van der Waals surface area contributed by atoms with Gasteiger partial charge in [0.1, 0.15) is 16.9 Å². The molecule has 2 heterocycles. The number of rotatable bonds is 4. The summed E-state index contributed by atoms with van der Waals surface area (Å²) in [5.74, 6) is -0.848. The highest BCUT2D eigenvalue weighted by Gasteiger charge is 2.43. The molecule has 0 fully saturated rings. The van der Waals surface area contributed by atoms with Crippen molar-refractivity contribution in [3.63, 3.8) is 0 Å². The predicted molar refractivity (Wildman–Crippen MR) is 116 cm³/mol. The molecule has 0 bridgehead atoms. The Morgan fingerprint density at radius 3 is 2.55 bits per heavy atom. The summed E-state index contributed by atoms with van der Waals surface area (Å²) in [6.07, 6.45) is 4.54. The van der Waals surface area contributed by atoms with E-state index in [2.05, 4.69) is 20.3 Å². The number of nitrogens with zero attached hydrogens (tertiary/aromatic N) is 2. The van der Waals surface area contributed by atoms with Crippen molar-refractivity contribution in [1.29, 1.82) is 0 Å². The van der Waals surface area contributed by atoms with E-state index in [1.807, 2.05) is 42.5 Å². The van der Waals surface area contributed by atoms with E-state index in [9.17, 15) is 14.7 Å². The van der Waals surface area contributed by atoms with Gasteiger partial charge in [-0.1, -0.05) is 30.3 Å². The van der Waals surface area contributed by atoms with Gasteiger partial charge in [0.15, 0.2) is 0 Å². The number of carboxylic acids is 1. The van der Waals surface area contributed by atoms with E-state index >= 15 is 0 Å². The van der Waals surface area contributed by atoms with Crippen LogP contribution in [0, 0.1) is 0 Å². The first kappa shape index (κ1) is 19.0. The van der Waals surface area contributed by atoms with Gasteiger partial charge in [0.2, 0.25) is 0 Å². The van der Waals surface area contributed by atoms with Crippen molar-refractivity contribution >= 4 is 22.9 Å². The predicted octanol–water partition coefficient (Wildman–Crippen LogP) is 3.37. The van der Waals surface area contributed by atoms with Crippen LogP contribution in [0.2, 0.25) is 0 Å². The fraction of sp³-hybridized carbons (Fsp3) is 0.167. The molecule has 5 rings (SSSR count). The van der Waals surface area contributed by atoms with Gasteiger partial charge in [-0.25, -0.2) is 9.78 Å². The lowest BCUT2D eigenvalue weighted by Crippen LogP contribution is -2.57. The number of pyridine rings is 1. The highest BCUT2D eigenvalue weighted by Crippen LogP contribution is 2.30. The number of carboxylic acid groups (broad SMARTS) is 1. The molecule has 0 aliphatic heterocycles. The lowest BCUT2D eigenvalue weighted by molar-refractivity contribution is -0.145. The SMILES string of the molecule is O=C(NC1(C(=O)O)CCc2ccccc2C1)c1cccc2[nH]c(-c3ccncc3)nc12. The van der Waals surface area contributed by atoms with Crippen molar-refractivity contribution < 1.29 is 14.7 Å². The molecule has 1 amide bonds. The summed E-state index contributed by atoms with van der Waals surface area (Å²) in [5, 5.41) is 12.9. The van der Waals surface area contributed by atoms with E-state index < -0.39 is 17.4 Å². The largest absolute Gasteiger partial charge is 0.479 e. The number of aromatic nitrogens is 3. The third kappa shape index (κ3) is 3.34. The molecule has 0 saturated heterocycles. The third-order valence-electron chi connectivity index (χ3n) is 5.91. The Hall–Kier alpha value is -4.00. The van der Waals surface area contributed by atoms with Gasteiger partial charge in [-0.3, -0.25) is 9.78 Å². The number of carbonyl (C=O) groups excluding carboxylic acids is 1. The number of hydrogen-bond donors (Lipinski definition) is 3. The number of benzene rings is 2. The molecule has 0 saturated carbocycles. The number of para-hydroxylation sites is 1. The fourth-order valence-corrected chi connectivity index (χ4v) is 4.22. The second-order valence-electron chi connectivity index (χ2n) is 7.81. The Kier molecular flexibility index (Phi) is 4.51. The smallest absolute Gasteiger partial charge is 0.329 e. The zero-order chi connectivity index (χ0) is 21.4. The van der Waals surface area contributed by atoms with Crippen molar-refractivity contribution in [2.45, 2.75) is 24.8 Å². The van der Waals surface area contributed by atoms with E-state index in [0.29, 0.717) is 35.3 Å². The van der Waals surface area contributed by atoms with Crippen LogP contribution in [0.1, 0.15) is 27.9 Å². The van der Waals surface area contributed by atoms with Crippen molar-refractivity contribution in [3.05, 3.63) is 83.7 Å². The molecule has 3 N–H and O–H groups in total. The van der Waals surface area contributed by atoms with E-state index in [1.165, 1.54) is 0 Å².